The van der Waals surface area contributed by atoms with Crippen LogP contribution in [0.4, 0.5) is 0 Å². The molecule has 0 spiro atoms. The van der Waals surface area contributed by atoms with Gasteiger partial charge in [-0.2, -0.15) is 0 Å². The van der Waals surface area contributed by atoms with Crippen LogP contribution in [0, 0.1) is 5.92 Å². The fourth-order valence-electron chi connectivity index (χ4n) is 4.09. The van der Waals surface area contributed by atoms with E-state index in [9.17, 15) is 4.79 Å². The SMILES string of the molecule is N[C@@H]1CCC[C@@H]1C(=O)N1CCC[C@H](N2CCCC2)C1. The molecule has 1 amide bonds. The number of nitrogens with zero attached hydrogens (tertiary/aromatic N) is 2. The molecule has 2 saturated heterocycles. The van der Waals surface area contributed by atoms with Crippen LogP contribution in [0.15, 0.2) is 0 Å². The van der Waals surface area contributed by atoms with Gasteiger partial charge in [0.05, 0.1) is 5.92 Å². The van der Waals surface area contributed by atoms with Crippen molar-refractivity contribution in [2.45, 2.75) is 57.0 Å². The van der Waals surface area contributed by atoms with Crippen molar-refractivity contribution in [2.75, 3.05) is 26.2 Å². The number of carbonyl (C=O) groups excluding carboxylic acids is 1. The Balaban J connectivity index is 1.59. The normalized spacial score (nSPS) is 36.9. The Morgan fingerprint density at radius 1 is 0.947 bits per heavy atom. The quantitative estimate of drug-likeness (QED) is 0.816. The molecule has 3 rings (SSSR count). The van der Waals surface area contributed by atoms with E-state index in [2.05, 4.69) is 9.80 Å². The maximum atomic E-state index is 12.6. The molecule has 2 N–H and O–H groups in total. The van der Waals surface area contributed by atoms with Crippen LogP contribution >= 0.6 is 0 Å². The highest BCUT2D eigenvalue weighted by Crippen LogP contribution is 2.28. The predicted octanol–water partition coefficient (Wildman–Crippen LogP) is 1.20. The number of amides is 1. The minimum atomic E-state index is 0.109. The van der Waals surface area contributed by atoms with E-state index in [1.54, 1.807) is 0 Å². The number of hydrogen-bond donors (Lipinski definition) is 1. The molecule has 3 fully saturated rings. The maximum absolute atomic E-state index is 12.6. The number of piperidine rings is 1. The van der Waals surface area contributed by atoms with Crippen molar-refractivity contribution < 1.29 is 4.79 Å². The standard InChI is InChI=1S/C15H27N3O/c16-14-7-3-6-13(14)15(19)18-10-4-5-12(11-18)17-8-1-2-9-17/h12-14H,1-11,16H2/t12-,13-,14+/m0/s1. The zero-order valence-electron chi connectivity index (χ0n) is 11.9. The molecule has 0 unspecified atom stereocenters. The van der Waals surface area contributed by atoms with Crippen molar-refractivity contribution in [2.24, 2.45) is 11.7 Å². The van der Waals surface area contributed by atoms with Gasteiger partial charge < -0.3 is 10.6 Å². The molecule has 4 nitrogen and oxygen atoms in total. The summed E-state index contributed by atoms with van der Waals surface area (Å²) in [6.07, 6.45) is 8.25. The molecular formula is C15H27N3O. The largest absolute Gasteiger partial charge is 0.341 e. The Kier molecular flexibility index (Phi) is 4.08. The monoisotopic (exact) mass is 265 g/mol. The Morgan fingerprint density at radius 3 is 2.42 bits per heavy atom. The second kappa shape index (κ2) is 5.80. The Bertz CT molecular complexity index is 327. The molecular weight excluding hydrogens is 238 g/mol. The summed E-state index contributed by atoms with van der Waals surface area (Å²) in [6, 6.07) is 0.720. The highest BCUT2D eigenvalue weighted by atomic mass is 16.2. The fourth-order valence-corrected chi connectivity index (χ4v) is 4.09. The molecule has 0 aromatic rings. The molecule has 4 heteroatoms. The molecule has 2 aliphatic heterocycles. The van der Waals surface area contributed by atoms with Gasteiger partial charge in [-0.3, -0.25) is 9.69 Å². The van der Waals surface area contributed by atoms with E-state index in [-0.39, 0.29) is 12.0 Å². The Morgan fingerprint density at radius 2 is 1.74 bits per heavy atom. The van der Waals surface area contributed by atoms with Crippen LogP contribution in [0.25, 0.3) is 0 Å². The highest BCUT2D eigenvalue weighted by Gasteiger charge is 2.36. The van der Waals surface area contributed by atoms with E-state index in [1.165, 1.54) is 32.4 Å². The highest BCUT2D eigenvalue weighted by molar-refractivity contribution is 5.80. The molecule has 0 bridgehead atoms. The van der Waals surface area contributed by atoms with Crippen molar-refractivity contribution in [3.63, 3.8) is 0 Å². The summed E-state index contributed by atoms with van der Waals surface area (Å²) in [5, 5.41) is 0. The van der Waals surface area contributed by atoms with Crippen LogP contribution in [0.1, 0.15) is 44.9 Å². The third-order valence-electron chi connectivity index (χ3n) is 5.25. The minimum Gasteiger partial charge on any atom is -0.341 e. The van der Waals surface area contributed by atoms with Gasteiger partial charge in [-0.05, 0) is 51.6 Å². The van der Waals surface area contributed by atoms with E-state index >= 15 is 0 Å². The van der Waals surface area contributed by atoms with Gasteiger partial charge >= 0.3 is 0 Å². The van der Waals surface area contributed by atoms with E-state index in [4.69, 9.17) is 5.73 Å². The van der Waals surface area contributed by atoms with Crippen LogP contribution in [-0.2, 0) is 4.79 Å². The summed E-state index contributed by atoms with van der Waals surface area (Å²) in [4.78, 5) is 17.3. The molecule has 1 saturated carbocycles. The molecule has 19 heavy (non-hydrogen) atoms. The summed E-state index contributed by atoms with van der Waals surface area (Å²) in [5.74, 6) is 0.450. The molecule has 0 radical (unpaired) electrons. The van der Waals surface area contributed by atoms with Crippen molar-refractivity contribution in [1.82, 2.24) is 9.80 Å². The van der Waals surface area contributed by atoms with Crippen molar-refractivity contribution in [3.05, 3.63) is 0 Å². The smallest absolute Gasteiger partial charge is 0.227 e. The third-order valence-corrected chi connectivity index (χ3v) is 5.25. The van der Waals surface area contributed by atoms with Gasteiger partial charge in [0.15, 0.2) is 0 Å². The lowest BCUT2D eigenvalue weighted by Crippen LogP contribution is -2.51. The summed E-state index contributed by atoms with van der Waals surface area (Å²) in [6.45, 7) is 4.36. The van der Waals surface area contributed by atoms with Crippen LogP contribution in [0.2, 0.25) is 0 Å². The van der Waals surface area contributed by atoms with Gasteiger partial charge in [0.2, 0.25) is 5.91 Å². The van der Waals surface area contributed by atoms with Crippen molar-refractivity contribution in [1.29, 1.82) is 0 Å². The first-order valence-electron chi connectivity index (χ1n) is 8.04. The van der Waals surface area contributed by atoms with E-state index in [0.29, 0.717) is 11.9 Å². The van der Waals surface area contributed by atoms with E-state index in [0.717, 1.165) is 38.8 Å². The molecule has 2 heterocycles. The summed E-state index contributed by atoms with van der Waals surface area (Å²) in [5.41, 5.74) is 6.09. The maximum Gasteiger partial charge on any atom is 0.227 e. The average Bonchev–Trinajstić information content (AvgIpc) is 3.09. The Hall–Kier alpha value is -0.610. The van der Waals surface area contributed by atoms with Crippen molar-refractivity contribution >= 4 is 5.91 Å². The molecule has 0 aromatic heterocycles. The summed E-state index contributed by atoms with van der Waals surface area (Å²) >= 11 is 0. The molecule has 3 aliphatic rings. The molecule has 0 aromatic carbocycles. The van der Waals surface area contributed by atoms with E-state index in [1.807, 2.05) is 0 Å². The molecule has 3 atom stereocenters. The predicted molar refractivity (Wildman–Crippen MR) is 75.7 cm³/mol. The van der Waals surface area contributed by atoms with Gasteiger partial charge in [-0.1, -0.05) is 6.42 Å². The lowest BCUT2D eigenvalue weighted by Gasteiger charge is -2.39. The van der Waals surface area contributed by atoms with Gasteiger partial charge in [0.25, 0.3) is 0 Å². The van der Waals surface area contributed by atoms with Crippen molar-refractivity contribution in [3.8, 4) is 0 Å². The number of likely N-dealkylation sites (tertiary alicyclic amines) is 2. The Labute approximate surface area is 116 Å². The summed E-state index contributed by atoms with van der Waals surface area (Å²) < 4.78 is 0. The van der Waals surface area contributed by atoms with Gasteiger partial charge in [-0.15, -0.1) is 0 Å². The summed E-state index contributed by atoms with van der Waals surface area (Å²) in [7, 11) is 0. The van der Waals surface area contributed by atoms with Crippen LogP contribution < -0.4 is 5.73 Å². The van der Waals surface area contributed by atoms with E-state index < -0.39 is 0 Å². The molecule has 1 aliphatic carbocycles. The minimum absolute atomic E-state index is 0.109. The second-order valence-corrected chi connectivity index (χ2v) is 6.52. The lowest BCUT2D eigenvalue weighted by atomic mass is 9.98. The van der Waals surface area contributed by atoms with Crippen LogP contribution in [0.5, 0.6) is 0 Å². The van der Waals surface area contributed by atoms with Gasteiger partial charge in [0, 0.05) is 25.2 Å². The van der Waals surface area contributed by atoms with Gasteiger partial charge in [0.1, 0.15) is 0 Å². The first-order valence-corrected chi connectivity index (χ1v) is 8.04. The zero-order valence-corrected chi connectivity index (χ0v) is 11.9. The van der Waals surface area contributed by atoms with Gasteiger partial charge in [-0.25, -0.2) is 0 Å². The number of hydrogen-bond acceptors (Lipinski definition) is 3. The zero-order chi connectivity index (χ0) is 13.2. The fraction of sp³-hybridized carbons (Fsp3) is 0.933. The first-order chi connectivity index (χ1) is 9.25. The molecule has 108 valence electrons. The second-order valence-electron chi connectivity index (χ2n) is 6.52. The average molecular weight is 265 g/mol. The first kappa shape index (κ1) is 13.4. The topological polar surface area (TPSA) is 49.6 Å². The number of nitrogens with two attached hydrogens (primary N) is 1. The number of carbonyl (C=O) groups is 1. The third kappa shape index (κ3) is 2.79. The number of rotatable bonds is 2. The van der Waals surface area contributed by atoms with Crippen LogP contribution in [-0.4, -0.2) is 54.0 Å². The van der Waals surface area contributed by atoms with Crippen LogP contribution in [0.3, 0.4) is 0 Å². The lowest BCUT2D eigenvalue weighted by molar-refractivity contribution is -0.137.